The standard InChI is InChI=1S/C49H54O13/c1-3-45(50)58-33-14-7-5-12-30-56-40-24-20-37(21-25-40)47(52)61-42-28-29-44(43(36-42)49(54)60-35-17-16-32-55-39-18-10-9-11-19-39)62-48(53)38-22-26-41(27-23-38)57-31-13-6-8-15-34-59-46(51)4-2/h3-4,9-11,18-29,36H,1-2,5-8,12-17,30-35H2. The molecule has 0 aliphatic heterocycles. The zero-order valence-corrected chi connectivity index (χ0v) is 34.9. The summed E-state index contributed by atoms with van der Waals surface area (Å²) in [6.07, 6.45) is 10.1. The minimum atomic E-state index is -0.770. The third-order valence-corrected chi connectivity index (χ3v) is 8.98. The Morgan fingerprint density at radius 1 is 0.403 bits per heavy atom. The second-order valence-corrected chi connectivity index (χ2v) is 13.8. The van der Waals surface area contributed by atoms with E-state index in [2.05, 4.69) is 13.2 Å². The molecule has 0 aliphatic carbocycles. The van der Waals surface area contributed by atoms with Gasteiger partial charge in [0.05, 0.1) is 50.8 Å². The number of ether oxygens (including phenoxy) is 8. The first-order chi connectivity index (χ1) is 30.2. The van der Waals surface area contributed by atoms with Gasteiger partial charge in [-0.05, 0) is 143 Å². The summed E-state index contributed by atoms with van der Waals surface area (Å²) >= 11 is 0. The molecule has 4 aromatic rings. The second kappa shape index (κ2) is 27.8. The van der Waals surface area contributed by atoms with E-state index >= 15 is 0 Å². The van der Waals surface area contributed by atoms with Crippen molar-refractivity contribution in [3.63, 3.8) is 0 Å². The molecule has 13 nitrogen and oxygen atoms in total. The van der Waals surface area contributed by atoms with Crippen LogP contribution < -0.4 is 23.7 Å². The predicted octanol–water partition coefficient (Wildman–Crippen LogP) is 9.48. The Bertz CT molecular complexity index is 2030. The molecule has 62 heavy (non-hydrogen) atoms. The van der Waals surface area contributed by atoms with Gasteiger partial charge in [0, 0.05) is 12.2 Å². The predicted molar refractivity (Wildman–Crippen MR) is 231 cm³/mol. The first-order valence-electron chi connectivity index (χ1n) is 20.7. The van der Waals surface area contributed by atoms with Gasteiger partial charge < -0.3 is 37.9 Å². The zero-order valence-electron chi connectivity index (χ0n) is 34.9. The highest BCUT2D eigenvalue weighted by Gasteiger charge is 2.21. The number of para-hydroxylation sites is 1. The number of hydrogen-bond acceptors (Lipinski definition) is 13. The molecular weight excluding hydrogens is 797 g/mol. The largest absolute Gasteiger partial charge is 0.494 e. The van der Waals surface area contributed by atoms with Crippen LogP contribution in [0.4, 0.5) is 0 Å². The molecule has 0 aromatic heterocycles. The lowest BCUT2D eigenvalue weighted by Gasteiger charge is -2.13. The van der Waals surface area contributed by atoms with Crippen molar-refractivity contribution in [2.24, 2.45) is 0 Å². The molecule has 0 saturated carbocycles. The lowest BCUT2D eigenvalue weighted by atomic mass is 10.1. The summed E-state index contributed by atoms with van der Waals surface area (Å²) in [6.45, 7) is 8.90. The van der Waals surface area contributed by atoms with Crippen LogP contribution in [0.2, 0.25) is 0 Å². The van der Waals surface area contributed by atoms with E-state index in [-0.39, 0.29) is 34.8 Å². The fourth-order valence-electron chi connectivity index (χ4n) is 5.63. The molecule has 0 bridgehead atoms. The van der Waals surface area contributed by atoms with Gasteiger partial charge in [-0.1, -0.05) is 31.4 Å². The van der Waals surface area contributed by atoms with E-state index < -0.39 is 29.8 Å². The average Bonchev–Trinajstić information content (AvgIpc) is 3.30. The summed E-state index contributed by atoms with van der Waals surface area (Å²) in [6, 6.07) is 26.4. The van der Waals surface area contributed by atoms with Gasteiger partial charge in [0.15, 0.2) is 0 Å². The van der Waals surface area contributed by atoms with Crippen LogP contribution in [-0.2, 0) is 23.8 Å². The van der Waals surface area contributed by atoms with E-state index in [4.69, 9.17) is 37.9 Å². The molecule has 0 spiro atoms. The normalized spacial score (nSPS) is 10.5. The smallest absolute Gasteiger partial charge is 0.343 e. The van der Waals surface area contributed by atoms with Crippen molar-refractivity contribution in [3.05, 3.63) is 139 Å². The summed E-state index contributed by atoms with van der Waals surface area (Å²) < 4.78 is 44.1. The summed E-state index contributed by atoms with van der Waals surface area (Å²) in [5, 5.41) is 0. The van der Waals surface area contributed by atoms with Crippen molar-refractivity contribution in [2.45, 2.75) is 64.2 Å². The number of carbonyl (C=O) groups is 5. The van der Waals surface area contributed by atoms with Crippen LogP contribution in [0.15, 0.2) is 122 Å². The van der Waals surface area contributed by atoms with Crippen LogP contribution >= 0.6 is 0 Å². The Labute approximate surface area is 362 Å². The maximum Gasteiger partial charge on any atom is 0.343 e. The van der Waals surface area contributed by atoms with Crippen LogP contribution in [0, 0.1) is 0 Å². The summed E-state index contributed by atoms with van der Waals surface area (Å²) in [5.74, 6) is -1.17. The number of benzene rings is 4. The van der Waals surface area contributed by atoms with E-state index in [1.807, 2.05) is 30.3 Å². The molecule has 4 rings (SSSR count). The van der Waals surface area contributed by atoms with Crippen molar-refractivity contribution in [1.82, 2.24) is 0 Å². The van der Waals surface area contributed by atoms with Crippen molar-refractivity contribution in [2.75, 3.05) is 39.6 Å². The van der Waals surface area contributed by atoms with Gasteiger partial charge in [-0.15, -0.1) is 0 Å². The quantitative estimate of drug-likeness (QED) is 0.0167. The van der Waals surface area contributed by atoms with Crippen molar-refractivity contribution < 1.29 is 61.9 Å². The molecule has 4 aromatic carbocycles. The number of hydrogen-bond donors (Lipinski definition) is 0. The minimum Gasteiger partial charge on any atom is -0.494 e. The molecular formula is C49H54O13. The van der Waals surface area contributed by atoms with Gasteiger partial charge >= 0.3 is 29.8 Å². The monoisotopic (exact) mass is 850 g/mol. The Kier molecular flexibility index (Phi) is 21.4. The van der Waals surface area contributed by atoms with Gasteiger partial charge in [-0.3, -0.25) is 0 Å². The van der Waals surface area contributed by atoms with Gasteiger partial charge in [0.1, 0.15) is 34.3 Å². The van der Waals surface area contributed by atoms with Gasteiger partial charge in [0.25, 0.3) is 0 Å². The second-order valence-electron chi connectivity index (χ2n) is 13.8. The number of rotatable bonds is 29. The molecule has 0 amide bonds. The molecule has 0 aliphatic rings. The topological polar surface area (TPSA) is 159 Å². The lowest BCUT2D eigenvalue weighted by Crippen LogP contribution is -2.15. The highest BCUT2D eigenvalue weighted by atomic mass is 16.6. The van der Waals surface area contributed by atoms with Crippen LogP contribution in [0.25, 0.3) is 0 Å². The maximum absolute atomic E-state index is 13.4. The third kappa shape index (κ3) is 18.2. The van der Waals surface area contributed by atoms with Gasteiger partial charge in [-0.2, -0.15) is 0 Å². The average molecular weight is 851 g/mol. The Hall–Kier alpha value is -6.89. The van der Waals surface area contributed by atoms with Crippen molar-refractivity contribution in [3.8, 4) is 28.7 Å². The maximum atomic E-state index is 13.4. The van der Waals surface area contributed by atoms with E-state index in [0.29, 0.717) is 57.4 Å². The highest BCUT2D eigenvalue weighted by molar-refractivity contribution is 5.97. The number of esters is 5. The Morgan fingerprint density at radius 2 is 0.806 bits per heavy atom. The minimum absolute atomic E-state index is 0.0372. The number of unbranched alkanes of at least 4 members (excludes halogenated alkanes) is 7. The van der Waals surface area contributed by atoms with Crippen LogP contribution in [-0.4, -0.2) is 69.5 Å². The van der Waals surface area contributed by atoms with Crippen molar-refractivity contribution >= 4 is 29.8 Å². The van der Waals surface area contributed by atoms with Gasteiger partial charge in [0.2, 0.25) is 0 Å². The first-order valence-corrected chi connectivity index (χ1v) is 20.7. The third-order valence-electron chi connectivity index (χ3n) is 8.98. The van der Waals surface area contributed by atoms with Crippen molar-refractivity contribution in [1.29, 1.82) is 0 Å². The summed E-state index contributed by atoms with van der Waals surface area (Å²) in [7, 11) is 0. The van der Waals surface area contributed by atoms with Crippen LogP contribution in [0.3, 0.4) is 0 Å². The highest BCUT2D eigenvalue weighted by Crippen LogP contribution is 2.28. The summed E-state index contributed by atoms with van der Waals surface area (Å²) in [4.78, 5) is 62.0. The number of carbonyl (C=O) groups excluding carboxylic acids is 5. The Morgan fingerprint density at radius 3 is 1.31 bits per heavy atom. The molecule has 13 heteroatoms. The molecule has 0 heterocycles. The van der Waals surface area contributed by atoms with Crippen LogP contribution in [0.1, 0.15) is 95.3 Å². The molecule has 328 valence electrons. The fraction of sp³-hybridized carbons (Fsp3) is 0.327. The first kappa shape index (κ1) is 47.8. The van der Waals surface area contributed by atoms with E-state index in [0.717, 1.165) is 69.3 Å². The van der Waals surface area contributed by atoms with E-state index in [9.17, 15) is 24.0 Å². The SMILES string of the molecule is C=CC(=O)OCCCCCCOc1ccc(C(=O)Oc2ccc(OC(=O)c3ccc(OCCCCCCOC(=O)C=C)cc3)c(C(=O)OCCCCOc3ccccc3)c2)cc1. The molecule has 0 fully saturated rings. The van der Waals surface area contributed by atoms with Gasteiger partial charge in [-0.25, -0.2) is 24.0 Å². The zero-order chi connectivity index (χ0) is 44.2. The molecule has 0 saturated heterocycles. The summed E-state index contributed by atoms with van der Waals surface area (Å²) in [5.41, 5.74) is 0.361. The van der Waals surface area contributed by atoms with E-state index in [1.54, 1.807) is 48.5 Å². The molecule has 0 N–H and O–H groups in total. The van der Waals surface area contributed by atoms with E-state index in [1.165, 1.54) is 18.2 Å². The molecule has 0 unspecified atom stereocenters. The lowest BCUT2D eigenvalue weighted by molar-refractivity contribution is -0.138. The Balaban J connectivity index is 1.30. The fourth-order valence-corrected chi connectivity index (χ4v) is 5.63. The van der Waals surface area contributed by atoms with Crippen LogP contribution in [0.5, 0.6) is 28.7 Å². The molecule has 0 atom stereocenters. The molecule has 0 radical (unpaired) electrons.